The topological polar surface area (TPSA) is 151 Å². The number of hydrogen-bond acceptors (Lipinski definition) is 9. The van der Waals surface area contributed by atoms with Crippen molar-refractivity contribution in [3.63, 3.8) is 0 Å². The van der Waals surface area contributed by atoms with Crippen LogP contribution in [0.25, 0.3) is 10.8 Å². The largest absolute Gasteiger partial charge is 0.444 e. The van der Waals surface area contributed by atoms with Crippen molar-refractivity contribution in [1.82, 2.24) is 40.0 Å². The summed E-state index contributed by atoms with van der Waals surface area (Å²) in [4.78, 5) is 75.6. The fourth-order valence-corrected chi connectivity index (χ4v) is 9.79. The van der Waals surface area contributed by atoms with E-state index in [2.05, 4.69) is 25.3 Å². The van der Waals surface area contributed by atoms with Crippen LogP contribution in [-0.2, 0) is 20.7 Å². The normalized spacial score (nSPS) is 23.3. The van der Waals surface area contributed by atoms with E-state index in [0.717, 1.165) is 64.8 Å². The second kappa shape index (κ2) is 16.6. The Morgan fingerprint density at radius 3 is 2.15 bits per heavy atom. The number of rotatable bonds is 10. The van der Waals surface area contributed by atoms with Gasteiger partial charge in [0.25, 0.3) is 11.5 Å². The van der Waals surface area contributed by atoms with E-state index in [-0.39, 0.29) is 28.4 Å². The first-order valence-corrected chi connectivity index (χ1v) is 21.3. The third-order valence-corrected chi connectivity index (χ3v) is 13.2. The molecule has 3 aliphatic heterocycles. The Kier molecular flexibility index (Phi) is 11.5. The van der Waals surface area contributed by atoms with Crippen molar-refractivity contribution in [3.05, 3.63) is 75.5 Å². The van der Waals surface area contributed by atoms with Gasteiger partial charge >= 0.3 is 6.09 Å². The number of benzene rings is 2. The minimum absolute atomic E-state index is 0.0181. The average molecular weight is 813 g/mol. The number of aromatic nitrogens is 2. The lowest BCUT2D eigenvalue weighted by Gasteiger charge is -2.64. The number of carbonyl (C=O) groups excluding carboxylic acids is 4. The second-order valence-electron chi connectivity index (χ2n) is 18.5. The minimum Gasteiger partial charge on any atom is -0.444 e. The summed E-state index contributed by atoms with van der Waals surface area (Å²) in [5.74, 6) is 0.263. The number of H-pyrrole nitrogens is 1. The fourth-order valence-electron chi connectivity index (χ4n) is 9.79. The van der Waals surface area contributed by atoms with Gasteiger partial charge in [-0.3, -0.25) is 29.0 Å². The lowest BCUT2D eigenvalue weighted by atomic mass is 9.41. The van der Waals surface area contributed by atoms with E-state index in [9.17, 15) is 24.0 Å². The lowest BCUT2D eigenvalue weighted by Crippen LogP contribution is -2.69. The molecule has 2 N–H and O–H groups in total. The highest BCUT2D eigenvalue weighted by molar-refractivity contribution is 5.95. The van der Waals surface area contributed by atoms with Gasteiger partial charge in [-0.25, -0.2) is 14.3 Å². The number of hydrogen-bond donors (Lipinski definition) is 2. The highest BCUT2D eigenvalue weighted by atomic mass is 19.1. The van der Waals surface area contributed by atoms with E-state index in [4.69, 9.17) is 4.74 Å². The van der Waals surface area contributed by atoms with Crippen LogP contribution in [0.1, 0.15) is 74.5 Å². The van der Waals surface area contributed by atoms with Gasteiger partial charge in [0.05, 0.1) is 23.2 Å². The van der Waals surface area contributed by atoms with Gasteiger partial charge in [0.1, 0.15) is 17.5 Å². The molecule has 59 heavy (non-hydrogen) atoms. The third-order valence-electron chi connectivity index (χ3n) is 13.2. The van der Waals surface area contributed by atoms with Crippen LogP contribution in [0.5, 0.6) is 0 Å². The molecule has 3 saturated carbocycles. The highest BCUT2D eigenvalue weighted by Gasteiger charge is 2.63. The SMILES string of the molecule is CC(C)(C)OC(=O)N[C@@H](C(=O)N1CCN(CC2CCN(CC(=O)N3CCN(C(=O)c4cc(Cc5n[nH]c(=O)c6ccccc56)ccc4F)CC3)CC2)CC1)C12CC(C1)C2. The van der Waals surface area contributed by atoms with Crippen LogP contribution >= 0.6 is 0 Å². The maximum absolute atomic E-state index is 15.0. The number of alkyl carbamates (subject to hydrolysis) is 1. The fraction of sp³-hybridized carbons (Fsp3) is 0.591. The van der Waals surface area contributed by atoms with E-state index in [1.54, 1.807) is 34.1 Å². The molecular formula is C44H57FN8O6. The maximum Gasteiger partial charge on any atom is 0.408 e. The van der Waals surface area contributed by atoms with Gasteiger partial charge in [0, 0.05) is 76.1 Å². The van der Waals surface area contributed by atoms with Gasteiger partial charge in [-0.05, 0) is 102 Å². The van der Waals surface area contributed by atoms with Crippen molar-refractivity contribution >= 4 is 34.6 Å². The molecule has 3 saturated heterocycles. The molecule has 14 nitrogen and oxygen atoms in total. The molecule has 316 valence electrons. The van der Waals surface area contributed by atoms with Crippen LogP contribution in [-0.4, -0.2) is 149 Å². The molecule has 4 heterocycles. The molecule has 2 aromatic carbocycles. The number of fused-ring (bicyclic) bond motifs is 1. The van der Waals surface area contributed by atoms with Gasteiger partial charge in [-0.15, -0.1) is 0 Å². The first-order valence-electron chi connectivity index (χ1n) is 21.3. The summed E-state index contributed by atoms with van der Waals surface area (Å²) in [6, 6.07) is 11.1. The maximum atomic E-state index is 15.0. The van der Waals surface area contributed by atoms with Crippen LogP contribution in [0, 0.1) is 23.1 Å². The van der Waals surface area contributed by atoms with Crippen molar-refractivity contribution in [3.8, 4) is 0 Å². The quantitative estimate of drug-likeness (QED) is 0.314. The first-order chi connectivity index (χ1) is 28.2. The summed E-state index contributed by atoms with van der Waals surface area (Å²) in [5.41, 5.74) is 0.290. The van der Waals surface area contributed by atoms with Crippen molar-refractivity contribution in [2.45, 2.75) is 70.9 Å². The Balaban J connectivity index is 0.756. The van der Waals surface area contributed by atoms with E-state index in [1.807, 2.05) is 37.8 Å². The molecule has 1 atom stereocenters. The minimum atomic E-state index is -0.627. The molecule has 15 heteroatoms. The molecule has 1 aromatic heterocycles. The van der Waals surface area contributed by atoms with Gasteiger partial charge in [0.2, 0.25) is 11.8 Å². The summed E-state index contributed by atoms with van der Waals surface area (Å²) in [7, 11) is 0. The van der Waals surface area contributed by atoms with Gasteiger partial charge in [-0.1, -0.05) is 24.3 Å². The smallest absolute Gasteiger partial charge is 0.408 e. The number of ether oxygens (including phenoxy) is 1. The molecule has 0 unspecified atom stereocenters. The number of halogens is 1. The Morgan fingerprint density at radius 2 is 1.51 bits per heavy atom. The van der Waals surface area contributed by atoms with Gasteiger partial charge in [0.15, 0.2) is 0 Å². The van der Waals surface area contributed by atoms with Gasteiger partial charge in [-0.2, -0.15) is 5.10 Å². The van der Waals surface area contributed by atoms with Crippen molar-refractivity contribution in [2.75, 3.05) is 78.5 Å². The predicted molar refractivity (Wildman–Crippen MR) is 219 cm³/mol. The summed E-state index contributed by atoms with van der Waals surface area (Å²) >= 11 is 0. The molecule has 2 bridgehead atoms. The molecule has 4 amide bonds. The Bertz CT molecular complexity index is 2110. The van der Waals surface area contributed by atoms with Crippen molar-refractivity contribution < 1.29 is 28.3 Å². The van der Waals surface area contributed by atoms with Crippen LogP contribution in [0.3, 0.4) is 0 Å². The molecule has 9 rings (SSSR count). The summed E-state index contributed by atoms with van der Waals surface area (Å²) in [6.07, 6.45) is 4.79. The van der Waals surface area contributed by atoms with Crippen molar-refractivity contribution in [2.24, 2.45) is 17.3 Å². The van der Waals surface area contributed by atoms with Crippen molar-refractivity contribution in [1.29, 1.82) is 0 Å². The average Bonchev–Trinajstić information content (AvgIpc) is 3.18. The van der Waals surface area contributed by atoms with Crippen LogP contribution in [0.15, 0.2) is 47.3 Å². The number of piperidine rings is 1. The van der Waals surface area contributed by atoms with Crippen LogP contribution in [0.4, 0.5) is 9.18 Å². The Hall–Kier alpha value is -4.89. The molecular weight excluding hydrogens is 756 g/mol. The zero-order valence-electron chi connectivity index (χ0n) is 34.5. The monoisotopic (exact) mass is 812 g/mol. The summed E-state index contributed by atoms with van der Waals surface area (Å²) in [5, 5.41) is 10.9. The standard InChI is InChI=1S/C44H57FN8O6/c1-43(2,3)59-42(58)46-38(44-24-31(25-44)26-44)41(57)53-16-14-50(15-17-53)27-29-10-12-49(13-11-29)28-37(54)51-18-20-52(21-19-51)40(56)34-22-30(8-9-35(34)45)23-36-32-6-4-5-7-33(32)39(55)48-47-36/h4-9,22,29,31,38H,10-21,23-28H2,1-3H3,(H,46,58)(H,48,55)/t31?,38-,44?/m0/s1. The Morgan fingerprint density at radius 1 is 0.864 bits per heavy atom. The lowest BCUT2D eigenvalue weighted by molar-refractivity contribution is -0.165. The van der Waals surface area contributed by atoms with Crippen LogP contribution < -0.4 is 10.9 Å². The second-order valence-corrected chi connectivity index (χ2v) is 18.5. The van der Waals surface area contributed by atoms with E-state index < -0.39 is 29.5 Å². The molecule has 0 radical (unpaired) electrons. The summed E-state index contributed by atoms with van der Waals surface area (Å²) < 4.78 is 20.5. The highest BCUT2D eigenvalue weighted by Crippen LogP contribution is 2.66. The number of nitrogens with zero attached hydrogens (tertiary/aromatic N) is 6. The zero-order chi connectivity index (χ0) is 41.5. The van der Waals surface area contributed by atoms with Crippen LogP contribution in [0.2, 0.25) is 0 Å². The Labute approximate surface area is 344 Å². The van der Waals surface area contributed by atoms with E-state index >= 15 is 4.39 Å². The summed E-state index contributed by atoms with van der Waals surface area (Å²) in [6.45, 7) is 12.8. The number of aromatic amines is 1. The number of nitrogens with one attached hydrogen (secondary N) is 2. The predicted octanol–water partition coefficient (Wildman–Crippen LogP) is 3.49. The number of amides is 4. The number of likely N-dealkylation sites (tertiary alicyclic amines) is 1. The molecule has 3 aromatic rings. The molecule has 0 spiro atoms. The first kappa shape index (κ1) is 40.9. The third kappa shape index (κ3) is 9.01. The zero-order valence-corrected chi connectivity index (χ0v) is 34.5. The van der Waals surface area contributed by atoms with E-state index in [1.165, 1.54) is 6.07 Å². The number of carbonyl (C=O) groups is 4. The molecule has 3 aliphatic carbocycles. The van der Waals surface area contributed by atoms with E-state index in [0.29, 0.717) is 86.1 Å². The molecule has 6 aliphatic rings. The molecule has 6 fully saturated rings. The van der Waals surface area contributed by atoms with Gasteiger partial charge < -0.3 is 24.8 Å². The number of piperazine rings is 2.